The SMILES string of the molecule is CC/C=C\C/C=C\C/C=C\C/C=C\C/C=C\CC(=O)OC(COC(=O)CCCCCCCCCCCCCC)COC(=O)CCCCCCCCCCCCCCCCCCCCCCCCCC. The molecule has 0 heterocycles. The molecule has 1 unspecified atom stereocenters. The van der Waals surface area contributed by atoms with Gasteiger partial charge in [0.2, 0.25) is 0 Å². The van der Waals surface area contributed by atoms with E-state index in [9.17, 15) is 14.4 Å². The van der Waals surface area contributed by atoms with Crippen LogP contribution in [0.15, 0.2) is 60.8 Å². The molecule has 0 amide bonds. The minimum absolute atomic E-state index is 0.101. The van der Waals surface area contributed by atoms with E-state index in [1.54, 1.807) is 6.08 Å². The van der Waals surface area contributed by atoms with Crippen molar-refractivity contribution in [2.24, 2.45) is 0 Å². The van der Waals surface area contributed by atoms with Crippen molar-refractivity contribution in [3.05, 3.63) is 60.8 Å². The van der Waals surface area contributed by atoms with Gasteiger partial charge in [-0.2, -0.15) is 0 Å². The minimum atomic E-state index is -0.825. The first-order chi connectivity index (χ1) is 34.0. The van der Waals surface area contributed by atoms with E-state index < -0.39 is 12.1 Å². The molecule has 1 atom stereocenters. The van der Waals surface area contributed by atoms with Gasteiger partial charge in [0.15, 0.2) is 6.10 Å². The molecule has 0 aromatic carbocycles. The van der Waals surface area contributed by atoms with Gasteiger partial charge in [-0.25, -0.2) is 0 Å². The van der Waals surface area contributed by atoms with Crippen molar-refractivity contribution in [2.75, 3.05) is 13.2 Å². The van der Waals surface area contributed by atoms with Gasteiger partial charge >= 0.3 is 17.9 Å². The summed E-state index contributed by atoms with van der Waals surface area (Å²) in [5, 5.41) is 0. The second-order valence-electron chi connectivity index (χ2n) is 19.9. The predicted molar refractivity (Wildman–Crippen MR) is 298 cm³/mol. The number of rotatable bonds is 54. The second kappa shape index (κ2) is 57.7. The van der Waals surface area contributed by atoms with Crippen LogP contribution in [0.2, 0.25) is 0 Å². The van der Waals surface area contributed by atoms with Crippen LogP contribution in [0, 0.1) is 0 Å². The lowest BCUT2D eigenvalue weighted by Crippen LogP contribution is -2.30. The molecule has 69 heavy (non-hydrogen) atoms. The Morgan fingerprint density at radius 2 is 0.551 bits per heavy atom. The van der Waals surface area contributed by atoms with Crippen LogP contribution in [0.25, 0.3) is 0 Å². The first kappa shape index (κ1) is 66.1. The summed E-state index contributed by atoms with van der Waals surface area (Å²) in [6.45, 7) is 6.48. The zero-order chi connectivity index (χ0) is 50.0. The van der Waals surface area contributed by atoms with E-state index in [0.29, 0.717) is 12.8 Å². The summed E-state index contributed by atoms with van der Waals surface area (Å²) in [4.78, 5) is 38.0. The Balaban J connectivity index is 4.30. The highest BCUT2D eigenvalue weighted by molar-refractivity contribution is 5.72. The number of ether oxygens (including phenoxy) is 3. The summed E-state index contributed by atoms with van der Waals surface area (Å²) < 4.78 is 16.8. The van der Waals surface area contributed by atoms with Crippen molar-refractivity contribution in [2.45, 2.75) is 309 Å². The fourth-order valence-electron chi connectivity index (χ4n) is 8.64. The normalized spacial score (nSPS) is 12.4. The maximum absolute atomic E-state index is 12.8. The quantitative estimate of drug-likeness (QED) is 0.0262. The Labute approximate surface area is 428 Å². The summed E-state index contributed by atoms with van der Waals surface area (Å²) in [6.07, 6.45) is 72.6. The lowest BCUT2D eigenvalue weighted by molar-refractivity contribution is -0.166. The van der Waals surface area contributed by atoms with Gasteiger partial charge in [0.1, 0.15) is 13.2 Å². The average molecular weight is 966 g/mol. The van der Waals surface area contributed by atoms with Crippen molar-refractivity contribution in [3.8, 4) is 0 Å². The highest BCUT2D eigenvalue weighted by Gasteiger charge is 2.19. The number of esters is 3. The molecule has 0 aliphatic rings. The monoisotopic (exact) mass is 965 g/mol. The molecule has 0 N–H and O–H groups in total. The van der Waals surface area contributed by atoms with Gasteiger partial charge in [0.05, 0.1) is 6.42 Å². The highest BCUT2D eigenvalue weighted by atomic mass is 16.6. The molecular weight excluding hydrogens is 853 g/mol. The summed E-state index contributed by atoms with van der Waals surface area (Å²) >= 11 is 0. The Kier molecular flexibility index (Phi) is 55.3. The number of carbonyl (C=O) groups is 3. The van der Waals surface area contributed by atoms with Crippen LogP contribution in [0.4, 0.5) is 0 Å². The first-order valence-corrected chi connectivity index (χ1v) is 29.8. The number of allylic oxidation sites excluding steroid dienone is 9. The number of unbranched alkanes of at least 4 members (excludes halogenated alkanes) is 34. The summed E-state index contributed by atoms with van der Waals surface area (Å²) in [5.74, 6) is -1.03. The van der Waals surface area contributed by atoms with Crippen molar-refractivity contribution in [3.63, 3.8) is 0 Å². The van der Waals surface area contributed by atoms with Crippen LogP contribution < -0.4 is 0 Å². The number of hydrogen-bond acceptors (Lipinski definition) is 6. The van der Waals surface area contributed by atoms with E-state index in [-0.39, 0.29) is 31.6 Å². The molecule has 6 nitrogen and oxygen atoms in total. The molecule has 0 aliphatic heterocycles. The van der Waals surface area contributed by atoms with E-state index in [1.807, 2.05) is 6.08 Å². The van der Waals surface area contributed by atoms with Crippen LogP contribution in [0.5, 0.6) is 0 Å². The van der Waals surface area contributed by atoms with Gasteiger partial charge < -0.3 is 14.2 Å². The van der Waals surface area contributed by atoms with E-state index in [1.165, 1.54) is 193 Å². The number of hydrogen-bond donors (Lipinski definition) is 0. The van der Waals surface area contributed by atoms with Crippen molar-refractivity contribution in [1.82, 2.24) is 0 Å². The Bertz CT molecular complexity index is 1250. The summed E-state index contributed by atoms with van der Waals surface area (Å²) in [5.41, 5.74) is 0. The van der Waals surface area contributed by atoms with Gasteiger partial charge in [-0.1, -0.05) is 300 Å². The van der Waals surface area contributed by atoms with Crippen LogP contribution in [0.1, 0.15) is 303 Å². The third-order valence-corrected chi connectivity index (χ3v) is 13.1. The molecule has 0 fully saturated rings. The van der Waals surface area contributed by atoms with E-state index in [4.69, 9.17) is 14.2 Å². The molecule has 0 aromatic rings. The molecule has 0 aromatic heterocycles. The van der Waals surface area contributed by atoms with Crippen molar-refractivity contribution in [1.29, 1.82) is 0 Å². The lowest BCUT2D eigenvalue weighted by atomic mass is 10.0. The van der Waals surface area contributed by atoms with Crippen LogP contribution in [-0.4, -0.2) is 37.2 Å². The van der Waals surface area contributed by atoms with E-state index in [0.717, 1.165) is 70.6 Å². The Morgan fingerprint density at radius 1 is 0.304 bits per heavy atom. The van der Waals surface area contributed by atoms with Crippen LogP contribution >= 0.6 is 0 Å². The van der Waals surface area contributed by atoms with Gasteiger partial charge in [-0.05, 0) is 44.9 Å². The smallest absolute Gasteiger partial charge is 0.310 e. The molecule has 0 spiro atoms. The summed E-state index contributed by atoms with van der Waals surface area (Å²) in [7, 11) is 0. The molecule has 6 heteroatoms. The van der Waals surface area contributed by atoms with Crippen LogP contribution in [-0.2, 0) is 28.6 Å². The zero-order valence-corrected chi connectivity index (χ0v) is 45.8. The first-order valence-electron chi connectivity index (χ1n) is 29.8. The highest BCUT2D eigenvalue weighted by Crippen LogP contribution is 2.17. The van der Waals surface area contributed by atoms with Crippen molar-refractivity contribution >= 4 is 17.9 Å². The molecule has 0 rings (SSSR count). The second-order valence-corrected chi connectivity index (χ2v) is 19.9. The standard InChI is InChI=1S/C63H112O6/c1-4-7-10-13-16-19-22-25-27-28-29-30-31-32-33-34-35-37-38-41-44-47-50-53-56-62(65)68-59-60(58-67-61(64)55-52-49-46-43-40-24-21-18-15-12-9-6-3)69-63(66)57-54-51-48-45-42-39-36-26-23-20-17-14-11-8-5-2/h8,11,17,20,26,36,42,45,51,54,60H,4-7,9-10,12-16,18-19,21-25,27-35,37-41,43-44,46-50,52-53,55-59H2,1-3H3/b11-8-,20-17-,36-26-,45-42-,54-51-. The molecule has 0 saturated heterocycles. The predicted octanol–water partition coefficient (Wildman–Crippen LogP) is 20.0. The fraction of sp³-hybridized carbons (Fsp3) is 0.794. The Hall–Kier alpha value is -2.89. The maximum atomic E-state index is 12.8. The van der Waals surface area contributed by atoms with E-state index >= 15 is 0 Å². The van der Waals surface area contributed by atoms with Crippen molar-refractivity contribution < 1.29 is 28.6 Å². The molecule has 0 aliphatic carbocycles. The maximum Gasteiger partial charge on any atom is 0.310 e. The topological polar surface area (TPSA) is 78.9 Å². The van der Waals surface area contributed by atoms with Gasteiger partial charge in [0.25, 0.3) is 0 Å². The molecule has 0 saturated carbocycles. The van der Waals surface area contributed by atoms with E-state index in [2.05, 4.69) is 69.4 Å². The summed E-state index contributed by atoms with van der Waals surface area (Å²) in [6, 6.07) is 0. The van der Waals surface area contributed by atoms with Gasteiger partial charge in [-0.15, -0.1) is 0 Å². The molecule has 0 radical (unpaired) electrons. The average Bonchev–Trinajstić information content (AvgIpc) is 3.35. The third-order valence-electron chi connectivity index (χ3n) is 13.1. The van der Waals surface area contributed by atoms with Crippen LogP contribution in [0.3, 0.4) is 0 Å². The molecular formula is C63H112O6. The fourth-order valence-corrected chi connectivity index (χ4v) is 8.64. The third kappa shape index (κ3) is 55.9. The zero-order valence-electron chi connectivity index (χ0n) is 45.8. The minimum Gasteiger partial charge on any atom is -0.462 e. The van der Waals surface area contributed by atoms with Gasteiger partial charge in [-0.3, -0.25) is 14.4 Å². The Morgan fingerprint density at radius 3 is 0.826 bits per heavy atom. The number of carbonyl (C=O) groups excluding carboxylic acids is 3. The van der Waals surface area contributed by atoms with Gasteiger partial charge in [0, 0.05) is 12.8 Å². The largest absolute Gasteiger partial charge is 0.462 e. The molecule has 400 valence electrons. The lowest BCUT2D eigenvalue weighted by Gasteiger charge is -2.18. The molecule has 0 bridgehead atoms.